The Balaban J connectivity index is 3.21. The van der Waals surface area contributed by atoms with Crippen LogP contribution in [0.3, 0.4) is 0 Å². The van der Waals surface area contributed by atoms with E-state index in [1.165, 1.54) is 6.07 Å². The lowest BCUT2D eigenvalue weighted by Crippen LogP contribution is -2.32. The predicted molar refractivity (Wildman–Crippen MR) is 57.8 cm³/mol. The van der Waals surface area contributed by atoms with Crippen molar-refractivity contribution in [2.75, 3.05) is 0 Å². The Labute approximate surface area is 88.9 Å². The van der Waals surface area contributed by atoms with Crippen LogP contribution in [-0.4, -0.2) is 22.2 Å². The third kappa shape index (κ3) is 2.70. The van der Waals surface area contributed by atoms with Crippen molar-refractivity contribution in [1.29, 1.82) is 0 Å². The van der Waals surface area contributed by atoms with Gasteiger partial charge in [0, 0.05) is 11.1 Å². The standard InChI is InChI=1S/C9H13BClNO2/c1-9(2,3)7-4-6(10(13)14)5-8(11)12-7/h4-5,13-14H,1-3H3. The first-order valence-corrected chi connectivity index (χ1v) is 4.72. The van der Waals surface area contributed by atoms with Crippen LogP contribution >= 0.6 is 11.6 Å². The van der Waals surface area contributed by atoms with Gasteiger partial charge in [-0.05, 0) is 17.6 Å². The highest BCUT2D eigenvalue weighted by Gasteiger charge is 2.20. The van der Waals surface area contributed by atoms with E-state index in [0.29, 0.717) is 5.46 Å². The quantitative estimate of drug-likeness (QED) is 0.534. The summed E-state index contributed by atoms with van der Waals surface area (Å²) in [5.41, 5.74) is 0.956. The first-order valence-electron chi connectivity index (χ1n) is 4.35. The van der Waals surface area contributed by atoms with Gasteiger partial charge < -0.3 is 10.0 Å². The van der Waals surface area contributed by atoms with Gasteiger partial charge in [-0.1, -0.05) is 32.4 Å². The Morgan fingerprint density at radius 2 is 1.86 bits per heavy atom. The summed E-state index contributed by atoms with van der Waals surface area (Å²) >= 11 is 5.77. The molecule has 0 aliphatic carbocycles. The van der Waals surface area contributed by atoms with E-state index in [4.69, 9.17) is 21.6 Å². The first kappa shape index (κ1) is 11.5. The lowest BCUT2D eigenvalue weighted by Gasteiger charge is -2.18. The average Bonchev–Trinajstić information content (AvgIpc) is 2.01. The van der Waals surface area contributed by atoms with Crippen molar-refractivity contribution in [3.05, 3.63) is 23.0 Å². The van der Waals surface area contributed by atoms with Crippen molar-refractivity contribution < 1.29 is 10.0 Å². The summed E-state index contributed by atoms with van der Waals surface area (Å²) in [7, 11) is -1.50. The summed E-state index contributed by atoms with van der Waals surface area (Å²) < 4.78 is 0. The Kier molecular flexibility index (Phi) is 3.19. The smallest absolute Gasteiger partial charge is 0.423 e. The summed E-state index contributed by atoms with van der Waals surface area (Å²) in [6.07, 6.45) is 0. The Bertz CT molecular complexity index is 336. The fourth-order valence-corrected chi connectivity index (χ4v) is 1.27. The van der Waals surface area contributed by atoms with Gasteiger partial charge in [-0.3, -0.25) is 0 Å². The maximum absolute atomic E-state index is 9.01. The van der Waals surface area contributed by atoms with Gasteiger partial charge in [0.15, 0.2) is 0 Å². The van der Waals surface area contributed by atoms with Gasteiger partial charge in [-0.25, -0.2) is 4.98 Å². The van der Waals surface area contributed by atoms with E-state index in [0.717, 1.165) is 5.69 Å². The minimum Gasteiger partial charge on any atom is -0.423 e. The van der Waals surface area contributed by atoms with E-state index in [1.54, 1.807) is 6.07 Å². The summed E-state index contributed by atoms with van der Waals surface area (Å²) in [5.74, 6) is 0. The molecule has 0 bridgehead atoms. The van der Waals surface area contributed by atoms with Crippen molar-refractivity contribution in [2.24, 2.45) is 0 Å². The van der Waals surface area contributed by atoms with Crippen molar-refractivity contribution in [3.63, 3.8) is 0 Å². The second-order valence-electron chi connectivity index (χ2n) is 4.23. The lowest BCUT2D eigenvalue weighted by atomic mass is 9.78. The highest BCUT2D eigenvalue weighted by atomic mass is 35.5. The van der Waals surface area contributed by atoms with Gasteiger partial charge >= 0.3 is 7.12 Å². The monoisotopic (exact) mass is 213 g/mol. The summed E-state index contributed by atoms with van der Waals surface area (Å²) in [6.45, 7) is 5.96. The van der Waals surface area contributed by atoms with Crippen molar-refractivity contribution in [3.8, 4) is 0 Å². The van der Waals surface area contributed by atoms with Gasteiger partial charge in [0.2, 0.25) is 0 Å². The Morgan fingerprint density at radius 1 is 1.29 bits per heavy atom. The van der Waals surface area contributed by atoms with Crippen LogP contribution in [-0.2, 0) is 5.41 Å². The van der Waals surface area contributed by atoms with Gasteiger partial charge in [0.05, 0.1) is 0 Å². The third-order valence-corrected chi connectivity index (χ3v) is 2.08. The SMILES string of the molecule is CC(C)(C)c1cc(B(O)O)cc(Cl)n1. The molecule has 3 nitrogen and oxygen atoms in total. The van der Waals surface area contributed by atoms with Crippen LogP contribution in [0.1, 0.15) is 26.5 Å². The fraction of sp³-hybridized carbons (Fsp3) is 0.444. The van der Waals surface area contributed by atoms with Crippen LogP contribution < -0.4 is 5.46 Å². The molecular formula is C9H13BClNO2. The van der Waals surface area contributed by atoms with Gasteiger partial charge in [0.1, 0.15) is 5.15 Å². The average molecular weight is 213 g/mol. The molecular weight excluding hydrogens is 200 g/mol. The summed E-state index contributed by atoms with van der Waals surface area (Å²) in [6, 6.07) is 3.10. The Morgan fingerprint density at radius 3 is 2.29 bits per heavy atom. The van der Waals surface area contributed by atoms with Crippen LogP contribution in [0.5, 0.6) is 0 Å². The number of aromatic nitrogens is 1. The zero-order chi connectivity index (χ0) is 10.9. The van der Waals surface area contributed by atoms with Crippen LogP contribution in [0.15, 0.2) is 12.1 Å². The second kappa shape index (κ2) is 3.89. The molecule has 0 unspecified atom stereocenters. The highest BCUT2D eigenvalue weighted by molar-refractivity contribution is 6.59. The molecule has 14 heavy (non-hydrogen) atoms. The molecule has 0 fully saturated rings. The number of halogens is 1. The molecule has 0 aliphatic rings. The lowest BCUT2D eigenvalue weighted by molar-refractivity contribution is 0.425. The van der Waals surface area contributed by atoms with Crippen LogP contribution in [0.25, 0.3) is 0 Å². The molecule has 0 spiro atoms. The normalized spacial score (nSPS) is 11.6. The molecule has 0 saturated carbocycles. The van der Waals surface area contributed by atoms with Gasteiger partial charge in [0.25, 0.3) is 0 Å². The minimum absolute atomic E-state index is 0.158. The molecule has 5 heteroatoms. The van der Waals surface area contributed by atoms with E-state index in [-0.39, 0.29) is 10.6 Å². The number of pyridine rings is 1. The summed E-state index contributed by atoms with van der Waals surface area (Å²) in [5, 5.41) is 18.3. The first-order chi connectivity index (χ1) is 6.30. The number of hydrogen-bond acceptors (Lipinski definition) is 3. The van der Waals surface area contributed by atoms with E-state index in [9.17, 15) is 0 Å². The van der Waals surface area contributed by atoms with E-state index >= 15 is 0 Å². The second-order valence-corrected chi connectivity index (χ2v) is 4.62. The zero-order valence-electron chi connectivity index (χ0n) is 8.45. The van der Waals surface area contributed by atoms with Crippen LogP contribution in [0.4, 0.5) is 0 Å². The molecule has 2 N–H and O–H groups in total. The topological polar surface area (TPSA) is 53.4 Å². The van der Waals surface area contributed by atoms with Crippen molar-refractivity contribution in [2.45, 2.75) is 26.2 Å². The molecule has 76 valence electrons. The molecule has 1 rings (SSSR count). The van der Waals surface area contributed by atoms with Crippen molar-refractivity contribution >= 4 is 24.2 Å². The predicted octanol–water partition coefficient (Wildman–Crippen LogP) is 0.712. The third-order valence-electron chi connectivity index (χ3n) is 1.88. The van der Waals surface area contributed by atoms with Gasteiger partial charge in [-0.15, -0.1) is 0 Å². The number of hydrogen-bond donors (Lipinski definition) is 2. The van der Waals surface area contributed by atoms with E-state index < -0.39 is 7.12 Å². The molecule has 0 saturated heterocycles. The minimum atomic E-state index is -1.50. The molecule has 1 heterocycles. The maximum atomic E-state index is 9.01. The molecule has 0 aliphatic heterocycles. The maximum Gasteiger partial charge on any atom is 0.488 e. The van der Waals surface area contributed by atoms with Gasteiger partial charge in [-0.2, -0.15) is 0 Å². The fourth-order valence-electron chi connectivity index (χ4n) is 1.05. The molecule has 0 aromatic carbocycles. The molecule has 1 aromatic rings. The highest BCUT2D eigenvalue weighted by Crippen LogP contribution is 2.20. The number of rotatable bonds is 1. The molecule has 0 amide bonds. The summed E-state index contributed by atoms with van der Waals surface area (Å²) in [4.78, 5) is 4.13. The van der Waals surface area contributed by atoms with E-state index in [1.807, 2.05) is 20.8 Å². The molecule has 1 aromatic heterocycles. The van der Waals surface area contributed by atoms with E-state index in [2.05, 4.69) is 4.98 Å². The van der Waals surface area contributed by atoms with Crippen LogP contribution in [0, 0.1) is 0 Å². The molecule has 0 radical (unpaired) electrons. The number of nitrogens with zero attached hydrogens (tertiary/aromatic N) is 1. The zero-order valence-corrected chi connectivity index (χ0v) is 9.21. The largest absolute Gasteiger partial charge is 0.488 e. The Hall–Kier alpha value is -0.575. The molecule has 0 atom stereocenters. The van der Waals surface area contributed by atoms with Crippen LogP contribution in [0.2, 0.25) is 5.15 Å². The van der Waals surface area contributed by atoms with Crippen molar-refractivity contribution in [1.82, 2.24) is 4.98 Å².